The van der Waals surface area contributed by atoms with Crippen molar-refractivity contribution in [3.63, 3.8) is 0 Å². The molecule has 1 N–H and O–H groups in total. The number of hydrogen-bond acceptors (Lipinski definition) is 3. The van der Waals surface area contributed by atoms with Gasteiger partial charge in [-0.15, -0.1) is 0 Å². The molecule has 1 saturated heterocycles. The molecule has 1 aliphatic heterocycles. The zero-order chi connectivity index (χ0) is 18.0. The van der Waals surface area contributed by atoms with Crippen molar-refractivity contribution in [3.05, 3.63) is 77.9 Å². The van der Waals surface area contributed by atoms with Gasteiger partial charge < -0.3 is 14.6 Å². The van der Waals surface area contributed by atoms with E-state index in [1.165, 1.54) is 16.3 Å². The molecule has 0 aliphatic carbocycles. The summed E-state index contributed by atoms with van der Waals surface area (Å²) in [5, 5.41) is 12.6. The van der Waals surface area contributed by atoms with Crippen molar-refractivity contribution in [2.75, 3.05) is 6.61 Å². The van der Waals surface area contributed by atoms with Gasteiger partial charge in [0.1, 0.15) is 12.4 Å². The van der Waals surface area contributed by atoms with Crippen molar-refractivity contribution in [3.8, 4) is 5.75 Å². The Balaban J connectivity index is 1.46. The third kappa shape index (κ3) is 3.90. The fraction of sp³-hybridized carbons (Fsp3) is 0.304. The van der Waals surface area contributed by atoms with E-state index in [-0.39, 0.29) is 0 Å². The Bertz CT molecular complexity index is 901. The van der Waals surface area contributed by atoms with Crippen molar-refractivity contribution >= 4 is 10.8 Å². The number of fused-ring (bicyclic) bond motifs is 1. The zero-order valence-electron chi connectivity index (χ0n) is 15.0. The van der Waals surface area contributed by atoms with Gasteiger partial charge >= 0.3 is 0 Å². The highest BCUT2D eigenvalue weighted by Gasteiger charge is 2.31. The topological polar surface area (TPSA) is 38.7 Å². The third-order valence-electron chi connectivity index (χ3n) is 5.05. The predicted molar refractivity (Wildman–Crippen MR) is 103 cm³/mol. The molecule has 1 fully saturated rings. The lowest BCUT2D eigenvalue weighted by Crippen LogP contribution is -2.35. The Kier molecular flexibility index (Phi) is 4.66. The molecule has 3 heteroatoms. The minimum absolute atomic E-state index is 0.294. The molecule has 1 aliphatic rings. The summed E-state index contributed by atoms with van der Waals surface area (Å²) in [6, 6.07) is 23.0. The molecule has 3 aromatic rings. The van der Waals surface area contributed by atoms with Gasteiger partial charge in [-0.1, -0.05) is 48.5 Å². The number of rotatable bonds is 4. The zero-order valence-corrected chi connectivity index (χ0v) is 15.0. The molecule has 2 atom stereocenters. The summed E-state index contributed by atoms with van der Waals surface area (Å²) in [4.78, 5) is 0. The maximum atomic E-state index is 10.2. The van der Waals surface area contributed by atoms with Gasteiger partial charge in [0.25, 0.3) is 0 Å². The Morgan fingerprint density at radius 3 is 2.73 bits per heavy atom. The van der Waals surface area contributed by atoms with Crippen LogP contribution in [0.15, 0.2) is 66.7 Å². The summed E-state index contributed by atoms with van der Waals surface area (Å²) >= 11 is 0. The molecule has 3 nitrogen and oxygen atoms in total. The van der Waals surface area contributed by atoms with E-state index < -0.39 is 5.79 Å². The average molecular weight is 348 g/mol. The molecule has 2 unspecified atom stereocenters. The van der Waals surface area contributed by atoms with E-state index in [1.807, 2.05) is 12.1 Å². The molecule has 134 valence electrons. The predicted octanol–water partition coefficient (Wildman–Crippen LogP) is 5.02. The first kappa shape index (κ1) is 17.1. The van der Waals surface area contributed by atoms with Crippen LogP contribution in [0.5, 0.6) is 5.75 Å². The van der Waals surface area contributed by atoms with Gasteiger partial charge in [-0.2, -0.15) is 0 Å². The summed E-state index contributed by atoms with van der Waals surface area (Å²) in [6.07, 6.45) is 1.53. The van der Waals surface area contributed by atoms with E-state index in [0.29, 0.717) is 25.6 Å². The van der Waals surface area contributed by atoms with E-state index in [0.717, 1.165) is 17.7 Å². The Morgan fingerprint density at radius 1 is 1.04 bits per heavy atom. The van der Waals surface area contributed by atoms with Gasteiger partial charge in [-0.05, 0) is 59.4 Å². The molecule has 0 saturated carbocycles. The van der Waals surface area contributed by atoms with Gasteiger partial charge in [-0.25, -0.2) is 0 Å². The highest BCUT2D eigenvalue weighted by molar-refractivity contribution is 5.82. The Labute approximate surface area is 154 Å². The van der Waals surface area contributed by atoms with Gasteiger partial charge in [0, 0.05) is 6.42 Å². The SMILES string of the molecule is CC1(O)CC(c2cccc(OCc3ccc4ccccc4c3)c2)CCO1. The van der Waals surface area contributed by atoms with E-state index in [4.69, 9.17) is 9.47 Å². The summed E-state index contributed by atoms with van der Waals surface area (Å²) in [5.74, 6) is 0.120. The van der Waals surface area contributed by atoms with E-state index in [1.54, 1.807) is 6.92 Å². The maximum Gasteiger partial charge on any atom is 0.163 e. The summed E-state index contributed by atoms with van der Waals surface area (Å²) < 4.78 is 11.4. The number of hydrogen-bond donors (Lipinski definition) is 1. The molecule has 3 aromatic carbocycles. The molecular formula is C23H24O3. The van der Waals surface area contributed by atoms with E-state index in [9.17, 15) is 5.11 Å². The van der Waals surface area contributed by atoms with Gasteiger partial charge in [0.05, 0.1) is 6.61 Å². The largest absolute Gasteiger partial charge is 0.489 e. The highest BCUT2D eigenvalue weighted by atomic mass is 16.6. The lowest BCUT2D eigenvalue weighted by atomic mass is 9.87. The summed E-state index contributed by atoms with van der Waals surface area (Å²) in [7, 11) is 0. The first-order chi connectivity index (χ1) is 12.6. The van der Waals surface area contributed by atoms with Crippen LogP contribution in [-0.2, 0) is 11.3 Å². The van der Waals surface area contributed by atoms with Gasteiger partial charge in [-0.3, -0.25) is 0 Å². The molecule has 0 spiro atoms. The highest BCUT2D eigenvalue weighted by Crippen LogP contribution is 2.35. The first-order valence-electron chi connectivity index (χ1n) is 9.16. The monoisotopic (exact) mass is 348 g/mol. The van der Waals surface area contributed by atoms with Crippen LogP contribution in [0.25, 0.3) is 10.8 Å². The molecule has 26 heavy (non-hydrogen) atoms. The number of benzene rings is 3. The van der Waals surface area contributed by atoms with Crippen LogP contribution < -0.4 is 4.74 Å². The Hall–Kier alpha value is -2.36. The van der Waals surface area contributed by atoms with Gasteiger partial charge in [0.15, 0.2) is 5.79 Å². The first-order valence-corrected chi connectivity index (χ1v) is 9.16. The summed E-state index contributed by atoms with van der Waals surface area (Å²) in [5.41, 5.74) is 2.35. The van der Waals surface area contributed by atoms with Crippen LogP contribution in [0, 0.1) is 0 Å². The second-order valence-electron chi connectivity index (χ2n) is 7.26. The molecule has 0 aromatic heterocycles. The number of ether oxygens (including phenoxy) is 2. The van der Waals surface area contributed by atoms with Crippen molar-refractivity contribution in [1.29, 1.82) is 0 Å². The standard InChI is InChI=1S/C23H24O3/c1-23(24)15-21(11-12-26-23)20-7-4-8-22(14-20)25-16-17-9-10-18-5-2-3-6-19(18)13-17/h2-10,13-14,21,24H,11-12,15-16H2,1H3. The van der Waals surface area contributed by atoms with E-state index in [2.05, 4.69) is 54.6 Å². The normalized spacial score (nSPS) is 23.1. The molecule has 0 radical (unpaired) electrons. The molecule has 0 bridgehead atoms. The quantitative estimate of drug-likeness (QED) is 0.719. The molecule has 0 amide bonds. The Morgan fingerprint density at radius 2 is 1.88 bits per heavy atom. The van der Waals surface area contributed by atoms with Crippen LogP contribution in [0.2, 0.25) is 0 Å². The average Bonchev–Trinajstić information content (AvgIpc) is 2.66. The second kappa shape index (κ2) is 7.10. The lowest BCUT2D eigenvalue weighted by Gasteiger charge is -2.34. The van der Waals surface area contributed by atoms with E-state index >= 15 is 0 Å². The van der Waals surface area contributed by atoms with Crippen molar-refractivity contribution in [2.45, 2.75) is 38.1 Å². The van der Waals surface area contributed by atoms with Crippen LogP contribution >= 0.6 is 0 Å². The van der Waals surface area contributed by atoms with Crippen molar-refractivity contribution < 1.29 is 14.6 Å². The fourth-order valence-corrected chi connectivity index (χ4v) is 3.68. The van der Waals surface area contributed by atoms with Crippen LogP contribution in [0.1, 0.15) is 36.8 Å². The number of aliphatic hydroxyl groups is 1. The fourth-order valence-electron chi connectivity index (χ4n) is 3.68. The minimum atomic E-state index is -1.04. The van der Waals surface area contributed by atoms with Crippen LogP contribution in [0.4, 0.5) is 0 Å². The molecular weight excluding hydrogens is 324 g/mol. The smallest absolute Gasteiger partial charge is 0.163 e. The third-order valence-corrected chi connectivity index (χ3v) is 5.05. The second-order valence-corrected chi connectivity index (χ2v) is 7.26. The van der Waals surface area contributed by atoms with Crippen molar-refractivity contribution in [2.24, 2.45) is 0 Å². The lowest BCUT2D eigenvalue weighted by molar-refractivity contribution is -0.215. The minimum Gasteiger partial charge on any atom is -0.489 e. The van der Waals surface area contributed by atoms with Gasteiger partial charge in [0.2, 0.25) is 0 Å². The van der Waals surface area contributed by atoms with Crippen LogP contribution in [-0.4, -0.2) is 17.5 Å². The molecule has 1 heterocycles. The molecule has 4 rings (SSSR count). The van der Waals surface area contributed by atoms with Crippen molar-refractivity contribution in [1.82, 2.24) is 0 Å². The summed E-state index contributed by atoms with van der Waals surface area (Å²) in [6.45, 7) is 2.86. The maximum absolute atomic E-state index is 10.2. The van der Waals surface area contributed by atoms with Crippen LogP contribution in [0.3, 0.4) is 0 Å².